The van der Waals surface area contributed by atoms with Crippen LogP contribution in [-0.2, 0) is 0 Å². The Morgan fingerprint density at radius 3 is 3.06 bits per heavy atom. The summed E-state index contributed by atoms with van der Waals surface area (Å²) in [6, 6.07) is 0. The molecule has 0 aromatic heterocycles. The fourth-order valence-corrected chi connectivity index (χ4v) is 5.23. The van der Waals surface area contributed by atoms with Crippen molar-refractivity contribution in [2.24, 2.45) is 17.8 Å². The first-order valence-corrected chi connectivity index (χ1v) is 7.58. The van der Waals surface area contributed by atoms with Gasteiger partial charge in [-0.2, -0.15) is 11.8 Å². The summed E-state index contributed by atoms with van der Waals surface area (Å²) in [7, 11) is 0. The molecule has 0 spiro atoms. The third-order valence-corrected chi connectivity index (χ3v) is 6.07. The molecule has 2 aliphatic carbocycles. The maximum absolute atomic E-state index is 2.56. The second kappa shape index (κ2) is 4.53. The van der Waals surface area contributed by atoms with Crippen LogP contribution in [0, 0.1) is 17.8 Å². The number of rotatable bonds is 1. The smallest absolute Gasteiger partial charge is 0.0261 e. The Bertz CT molecular complexity index is 413. The molecule has 0 aromatic rings. The first-order chi connectivity index (χ1) is 8.29. The van der Waals surface area contributed by atoms with Crippen LogP contribution in [0.5, 0.6) is 0 Å². The number of hydrogen-bond donors (Lipinski definition) is 0. The highest BCUT2D eigenvalue weighted by Gasteiger charge is 2.42. The van der Waals surface area contributed by atoms with Crippen molar-refractivity contribution in [3.8, 4) is 0 Å². The molecule has 5 unspecified atom stereocenters. The Morgan fingerprint density at radius 2 is 2.24 bits per heavy atom. The highest BCUT2D eigenvalue weighted by atomic mass is 32.2. The lowest BCUT2D eigenvalue weighted by atomic mass is 9.75. The first kappa shape index (κ1) is 11.4. The van der Waals surface area contributed by atoms with Crippen LogP contribution in [-0.4, -0.2) is 10.5 Å². The summed E-state index contributed by atoms with van der Waals surface area (Å²) in [5.74, 6) is 2.25. The largest absolute Gasteiger partial charge is 0.150 e. The first-order valence-electron chi connectivity index (χ1n) is 6.64. The zero-order chi connectivity index (χ0) is 11.8. The predicted molar refractivity (Wildman–Crippen MR) is 77.1 cm³/mol. The second-order valence-corrected chi connectivity index (χ2v) is 6.78. The summed E-state index contributed by atoms with van der Waals surface area (Å²) in [5, 5.41) is 1.55. The standard InChI is InChI=1S/C16H20S/c1-3-6-15-11(2)14-9-12-7-4-5-8-13(12)10-16(14)17-15/h3-9,11,13-16H,10H2,1-2H3/b6-3-. The minimum Gasteiger partial charge on any atom is -0.150 e. The average molecular weight is 244 g/mol. The molecule has 90 valence electrons. The van der Waals surface area contributed by atoms with Gasteiger partial charge in [0.05, 0.1) is 0 Å². The van der Waals surface area contributed by atoms with Gasteiger partial charge in [-0.05, 0) is 30.8 Å². The van der Waals surface area contributed by atoms with Crippen LogP contribution in [0.2, 0.25) is 0 Å². The highest BCUT2D eigenvalue weighted by molar-refractivity contribution is 8.01. The lowest BCUT2D eigenvalue weighted by molar-refractivity contribution is 0.410. The number of allylic oxidation sites excluding steroid dienone is 7. The highest BCUT2D eigenvalue weighted by Crippen LogP contribution is 2.51. The summed E-state index contributed by atoms with van der Waals surface area (Å²) in [5.41, 5.74) is 1.56. The van der Waals surface area contributed by atoms with Crippen molar-refractivity contribution in [3.05, 3.63) is 48.1 Å². The van der Waals surface area contributed by atoms with Crippen molar-refractivity contribution in [2.45, 2.75) is 30.8 Å². The molecule has 3 aliphatic rings. The van der Waals surface area contributed by atoms with E-state index in [0.717, 1.165) is 22.3 Å². The van der Waals surface area contributed by atoms with Crippen molar-refractivity contribution in [3.63, 3.8) is 0 Å². The molecule has 1 heteroatoms. The van der Waals surface area contributed by atoms with Crippen LogP contribution in [0.1, 0.15) is 20.3 Å². The summed E-state index contributed by atoms with van der Waals surface area (Å²) in [6.07, 6.45) is 17.6. The summed E-state index contributed by atoms with van der Waals surface area (Å²) in [4.78, 5) is 0. The Kier molecular flexibility index (Phi) is 3.04. The van der Waals surface area contributed by atoms with Gasteiger partial charge in [0.25, 0.3) is 0 Å². The maximum atomic E-state index is 2.56. The zero-order valence-corrected chi connectivity index (χ0v) is 11.4. The third kappa shape index (κ3) is 1.95. The topological polar surface area (TPSA) is 0 Å². The second-order valence-electron chi connectivity index (χ2n) is 5.35. The molecule has 1 fully saturated rings. The molecule has 17 heavy (non-hydrogen) atoms. The van der Waals surface area contributed by atoms with Crippen molar-refractivity contribution in [1.82, 2.24) is 0 Å². The van der Waals surface area contributed by atoms with Crippen molar-refractivity contribution >= 4 is 11.8 Å². The quantitative estimate of drug-likeness (QED) is 0.617. The summed E-state index contributed by atoms with van der Waals surface area (Å²) >= 11 is 2.19. The van der Waals surface area contributed by atoms with Crippen molar-refractivity contribution < 1.29 is 0 Å². The van der Waals surface area contributed by atoms with Crippen LogP contribution in [0.15, 0.2) is 48.1 Å². The van der Waals surface area contributed by atoms with Gasteiger partial charge in [0.1, 0.15) is 0 Å². The van der Waals surface area contributed by atoms with E-state index in [9.17, 15) is 0 Å². The molecular formula is C16H20S. The minimum atomic E-state index is 0.685. The van der Waals surface area contributed by atoms with Gasteiger partial charge >= 0.3 is 0 Å². The van der Waals surface area contributed by atoms with E-state index < -0.39 is 0 Å². The Labute approximate surface area is 109 Å². The predicted octanol–water partition coefficient (Wildman–Crippen LogP) is 4.37. The van der Waals surface area contributed by atoms with E-state index in [-0.39, 0.29) is 0 Å². The molecule has 0 saturated carbocycles. The average Bonchev–Trinajstić information content (AvgIpc) is 2.64. The van der Waals surface area contributed by atoms with Gasteiger partial charge in [-0.25, -0.2) is 0 Å². The van der Waals surface area contributed by atoms with E-state index >= 15 is 0 Å². The van der Waals surface area contributed by atoms with E-state index in [2.05, 4.69) is 68.1 Å². The SMILES string of the molecule is C/C=C\C1SC2CC3C=CC=CC3=CC2C1C. The Morgan fingerprint density at radius 1 is 1.35 bits per heavy atom. The van der Waals surface area contributed by atoms with Crippen LogP contribution < -0.4 is 0 Å². The number of thioether (sulfide) groups is 1. The van der Waals surface area contributed by atoms with Gasteiger partial charge in [-0.15, -0.1) is 0 Å². The number of hydrogen-bond acceptors (Lipinski definition) is 1. The van der Waals surface area contributed by atoms with Crippen molar-refractivity contribution in [2.75, 3.05) is 0 Å². The van der Waals surface area contributed by atoms with Gasteiger partial charge in [-0.3, -0.25) is 0 Å². The molecule has 0 bridgehead atoms. The van der Waals surface area contributed by atoms with E-state index in [1.807, 2.05) is 0 Å². The summed E-state index contributed by atoms with van der Waals surface area (Å²) in [6.45, 7) is 4.56. The molecular weight excluding hydrogens is 224 g/mol. The lowest BCUT2D eigenvalue weighted by Gasteiger charge is -2.31. The zero-order valence-electron chi connectivity index (χ0n) is 10.5. The third-order valence-electron chi connectivity index (χ3n) is 4.31. The van der Waals surface area contributed by atoms with E-state index in [4.69, 9.17) is 0 Å². The van der Waals surface area contributed by atoms with E-state index in [1.165, 1.54) is 6.42 Å². The molecule has 5 atom stereocenters. The van der Waals surface area contributed by atoms with Crippen LogP contribution >= 0.6 is 11.8 Å². The molecule has 1 heterocycles. The van der Waals surface area contributed by atoms with Gasteiger partial charge < -0.3 is 0 Å². The molecule has 1 saturated heterocycles. The maximum Gasteiger partial charge on any atom is 0.0261 e. The molecule has 0 N–H and O–H groups in total. The van der Waals surface area contributed by atoms with Crippen molar-refractivity contribution in [1.29, 1.82) is 0 Å². The van der Waals surface area contributed by atoms with Gasteiger partial charge in [0.2, 0.25) is 0 Å². The van der Waals surface area contributed by atoms with E-state index in [1.54, 1.807) is 5.57 Å². The molecule has 3 rings (SSSR count). The molecule has 0 nitrogen and oxygen atoms in total. The Hall–Kier alpha value is -0.690. The van der Waals surface area contributed by atoms with Crippen LogP contribution in [0.3, 0.4) is 0 Å². The van der Waals surface area contributed by atoms with Gasteiger partial charge in [0.15, 0.2) is 0 Å². The summed E-state index contributed by atoms with van der Waals surface area (Å²) < 4.78 is 0. The Balaban J connectivity index is 1.87. The normalized spacial score (nSPS) is 43.6. The molecule has 0 aromatic carbocycles. The minimum absolute atomic E-state index is 0.685. The molecule has 0 radical (unpaired) electrons. The molecule has 0 amide bonds. The number of fused-ring (bicyclic) bond motifs is 2. The van der Waals surface area contributed by atoms with Crippen LogP contribution in [0.25, 0.3) is 0 Å². The lowest BCUT2D eigenvalue weighted by Crippen LogP contribution is -2.25. The monoisotopic (exact) mass is 244 g/mol. The fourth-order valence-electron chi connectivity index (χ4n) is 3.32. The van der Waals surface area contributed by atoms with Gasteiger partial charge in [0, 0.05) is 16.4 Å². The van der Waals surface area contributed by atoms with E-state index in [0.29, 0.717) is 5.92 Å². The van der Waals surface area contributed by atoms with Crippen LogP contribution in [0.4, 0.5) is 0 Å². The fraction of sp³-hybridized carbons (Fsp3) is 0.500. The van der Waals surface area contributed by atoms with Gasteiger partial charge in [-0.1, -0.05) is 49.5 Å². The molecule has 1 aliphatic heterocycles.